The summed E-state index contributed by atoms with van der Waals surface area (Å²) in [6, 6.07) is 7.51. The standard InChI is InChI=1S/C11H14N2O/c1-8(12-3)10-4-6-11(7-5-10)13-9(2)14/h4-7,12H,1H2,2-3H3,(H,13,14). The number of carbonyl (C=O) groups is 1. The second kappa shape index (κ2) is 4.46. The molecule has 0 spiro atoms. The Morgan fingerprint density at radius 1 is 1.29 bits per heavy atom. The molecule has 74 valence electrons. The Morgan fingerprint density at radius 2 is 1.86 bits per heavy atom. The predicted octanol–water partition coefficient (Wildman–Crippen LogP) is 1.84. The Kier molecular flexibility index (Phi) is 3.29. The fourth-order valence-electron chi connectivity index (χ4n) is 1.10. The normalized spacial score (nSPS) is 9.29. The van der Waals surface area contributed by atoms with Crippen LogP contribution < -0.4 is 10.6 Å². The maximum absolute atomic E-state index is 10.7. The van der Waals surface area contributed by atoms with E-state index >= 15 is 0 Å². The van der Waals surface area contributed by atoms with E-state index in [1.807, 2.05) is 31.3 Å². The van der Waals surface area contributed by atoms with Crippen LogP contribution >= 0.6 is 0 Å². The quantitative estimate of drug-likeness (QED) is 0.763. The summed E-state index contributed by atoms with van der Waals surface area (Å²) in [6.45, 7) is 5.32. The summed E-state index contributed by atoms with van der Waals surface area (Å²) < 4.78 is 0. The molecule has 0 heterocycles. The van der Waals surface area contributed by atoms with E-state index in [1.54, 1.807) is 0 Å². The zero-order valence-electron chi connectivity index (χ0n) is 8.42. The van der Waals surface area contributed by atoms with Crippen molar-refractivity contribution in [1.29, 1.82) is 0 Å². The molecule has 1 aromatic rings. The van der Waals surface area contributed by atoms with E-state index in [9.17, 15) is 4.79 Å². The Balaban J connectivity index is 2.78. The molecule has 1 aromatic carbocycles. The van der Waals surface area contributed by atoms with Crippen molar-refractivity contribution in [2.24, 2.45) is 0 Å². The monoisotopic (exact) mass is 190 g/mol. The summed E-state index contributed by atoms with van der Waals surface area (Å²) >= 11 is 0. The van der Waals surface area contributed by atoms with Gasteiger partial charge < -0.3 is 10.6 Å². The van der Waals surface area contributed by atoms with Crippen molar-refractivity contribution in [3.63, 3.8) is 0 Å². The number of rotatable bonds is 3. The average Bonchev–Trinajstić information content (AvgIpc) is 2.17. The fourth-order valence-corrected chi connectivity index (χ4v) is 1.10. The molecule has 0 aliphatic rings. The van der Waals surface area contributed by atoms with Crippen LogP contribution in [0, 0.1) is 0 Å². The van der Waals surface area contributed by atoms with Crippen molar-refractivity contribution in [1.82, 2.24) is 5.32 Å². The highest BCUT2D eigenvalue weighted by Gasteiger charge is 1.97. The van der Waals surface area contributed by atoms with Gasteiger partial charge in [-0.3, -0.25) is 4.79 Å². The molecule has 0 radical (unpaired) electrons. The maximum Gasteiger partial charge on any atom is 0.221 e. The summed E-state index contributed by atoms with van der Waals surface area (Å²) in [5, 5.41) is 5.66. The number of hydrogen-bond acceptors (Lipinski definition) is 2. The third kappa shape index (κ3) is 2.62. The summed E-state index contributed by atoms with van der Waals surface area (Å²) in [6.07, 6.45) is 0. The number of carbonyl (C=O) groups excluding carboxylic acids is 1. The molecule has 14 heavy (non-hydrogen) atoms. The Labute approximate surface area is 83.8 Å². The molecule has 0 bridgehead atoms. The summed E-state index contributed by atoms with van der Waals surface area (Å²) in [4.78, 5) is 10.7. The van der Waals surface area contributed by atoms with E-state index in [-0.39, 0.29) is 5.91 Å². The molecule has 3 nitrogen and oxygen atoms in total. The molecular weight excluding hydrogens is 176 g/mol. The van der Waals surface area contributed by atoms with Crippen LogP contribution in [0.5, 0.6) is 0 Å². The lowest BCUT2D eigenvalue weighted by Crippen LogP contribution is -2.06. The van der Waals surface area contributed by atoms with Gasteiger partial charge in [-0.2, -0.15) is 0 Å². The van der Waals surface area contributed by atoms with Gasteiger partial charge in [0.1, 0.15) is 0 Å². The molecule has 0 saturated carbocycles. The predicted molar refractivity (Wildman–Crippen MR) is 58.8 cm³/mol. The minimum atomic E-state index is -0.0646. The smallest absolute Gasteiger partial charge is 0.221 e. The molecule has 1 amide bonds. The fraction of sp³-hybridized carbons (Fsp3) is 0.182. The van der Waals surface area contributed by atoms with E-state index in [0.717, 1.165) is 16.9 Å². The first-order valence-electron chi connectivity index (χ1n) is 4.38. The Morgan fingerprint density at radius 3 is 2.29 bits per heavy atom. The van der Waals surface area contributed by atoms with Crippen LogP contribution in [0.3, 0.4) is 0 Å². The van der Waals surface area contributed by atoms with E-state index in [1.165, 1.54) is 6.92 Å². The van der Waals surface area contributed by atoms with Gasteiger partial charge >= 0.3 is 0 Å². The van der Waals surface area contributed by atoms with Gasteiger partial charge in [0.25, 0.3) is 0 Å². The lowest BCUT2D eigenvalue weighted by atomic mass is 10.1. The average molecular weight is 190 g/mol. The second-order valence-electron chi connectivity index (χ2n) is 2.99. The number of nitrogens with one attached hydrogen (secondary N) is 2. The molecular formula is C11H14N2O. The van der Waals surface area contributed by atoms with Crippen LogP contribution in [-0.2, 0) is 4.79 Å². The second-order valence-corrected chi connectivity index (χ2v) is 2.99. The topological polar surface area (TPSA) is 41.1 Å². The largest absolute Gasteiger partial charge is 0.388 e. The molecule has 3 heteroatoms. The lowest BCUT2D eigenvalue weighted by molar-refractivity contribution is -0.114. The molecule has 0 aromatic heterocycles. The van der Waals surface area contributed by atoms with Gasteiger partial charge in [0, 0.05) is 25.4 Å². The minimum absolute atomic E-state index is 0.0646. The van der Waals surface area contributed by atoms with Gasteiger partial charge in [0.2, 0.25) is 5.91 Å². The van der Waals surface area contributed by atoms with Crippen LogP contribution in [0.15, 0.2) is 30.8 Å². The van der Waals surface area contributed by atoms with Crippen LogP contribution in [0.4, 0.5) is 5.69 Å². The van der Waals surface area contributed by atoms with Crippen molar-refractivity contribution in [3.8, 4) is 0 Å². The van der Waals surface area contributed by atoms with Gasteiger partial charge in [-0.25, -0.2) is 0 Å². The number of benzene rings is 1. The van der Waals surface area contributed by atoms with Crippen LogP contribution in [0.25, 0.3) is 5.70 Å². The minimum Gasteiger partial charge on any atom is -0.388 e. The van der Waals surface area contributed by atoms with Crippen molar-refractivity contribution in [2.75, 3.05) is 12.4 Å². The molecule has 0 saturated heterocycles. The van der Waals surface area contributed by atoms with Crippen LogP contribution in [0.2, 0.25) is 0 Å². The van der Waals surface area contributed by atoms with Crippen molar-refractivity contribution >= 4 is 17.3 Å². The van der Waals surface area contributed by atoms with Gasteiger partial charge in [-0.15, -0.1) is 0 Å². The molecule has 0 aliphatic carbocycles. The summed E-state index contributed by atoms with van der Waals surface area (Å²) in [7, 11) is 1.82. The highest BCUT2D eigenvalue weighted by atomic mass is 16.1. The molecule has 0 unspecified atom stereocenters. The highest BCUT2D eigenvalue weighted by molar-refractivity contribution is 5.88. The Hall–Kier alpha value is -1.77. The molecule has 2 N–H and O–H groups in total. The van der Waals surface area contributed by atoms with Gasteiger partial charge in [-0.1, -0.05) is 18.7 Å². The summed E-state index contributed by atoms with van der Waals surface area (Å²) in [5.41, 5.74) is 2.67. The zero-order valence-corrected chi connectivity index (χ0v) is 8.42. The van der Waals surface area contributed by atoms with Gasteiger partial charge in [-0.05, 0) is 17.7 Å². The number of hydrogen-bond donors (Lipinski definition) is 2. The van der Waals surface area contributed by atoms with E-state index in [0.29, 0.717) is 0 Å². The van der Waals surface area contributed by atoms with Crippen LogP contribution in [0.1, 0.15) is 12.5 Å². The molecule has 0 fully saturated rings. The zero-order chi connectivity index (χ0) is 10.6. The molecule has 0 atom stereocenters. The number of amides is 1. The maximum atomic E-state index is 10.7. The third-order valence-electron chi connectivity index (χ3n) is 1.86. The van der Waals surface area contributed by atoms with Crippen LogP contribution in [-0.4, -0.2) is 13.0 Å². The van der Waals surface area contributed by atoms with E-state index in [4.69, 9.17) is 0 Å². The first-order chi connectivity index (χ1) is 6.63. The van der Waals surface area contributed by atoms with Crippen molar-refractivity contribution in [2.45, 2.75) is 6.92 Å². The van der Waals surface area contributed by atoms with Crippen molar-refractivity contribution < 1.29 is 4.79 Å². The van der Waals surface area contributed by atoms with E-state index < -0.39 is 0 Å². The van der Waals surface area contributed by atoms with Gasteiger partial charge in [0.15, 0.2) is 0 Å². The molecule has 0 aliphatic heterocycles. The van der Waals surface area contributed by atoms with Crippen molar-refractivity contribution in [3.05, 3.63) is 36.4 Å². The first-order valence-corrected chi connectivity index (χ1v) is 4.38. The highest BCUT2D eigenvalue weighted by Crippen LogP contribution is 2.13. The number of anilines is 1. The van der Waals surface area contributed by atoms with Gasteiger partial charge in [0.05, 0.1) is 0 Å². The first kappa shape index (κ1) is 10.3. The van der Waals surface area contributed by atoms with E-state index in [2.05, 4.69) is 17.2 Å². The lowest BCUT2D eigenvalue weighted by Gasteiger charge is -2.06. The SMILES string of the molecule is C=C(NC)c1ccc(NC(C)=O)cc1. The Bertz CT molecular complexity index is 341. The molecule has 1 rings (SSSR count). The third-order valence-corrected chi connectivity index (χ3v) is 1.86. The summed E-state index contributed by atoms with van der Waals surface area (Å²) in [5.74, 6) is -0.0646.